The fraction of sp³-hybridized carbons (Fsp3) is 0.160. The number of ether oxygens (including phenoxy) is 3. The average molecular weight is 516 g/mol. The minimum atomic E-state index is -4.50. The fourth-order valence-electron chi connectivity index (χ4n) is 3.11. The highest BCUT2D eigenvalue weighted by Gasteiger charge is 2.30. The van der Waals surface area contributed by atoms with Crippen LogP contribution in [-0.4, -0.2) is 26.1 Å². The van der Waals surface area contributed by atoms with Gasteiger partial charge in [0, 0.05) is 5.56 Å². The summed E-state index contributed by atoms with van der Waals surface area (Å²) in [6, 6.07) is 12.7. The summed E-state index contributed by atoms with van der Waals surface area (Å²) in [5.41, 5.74) is -0.438. The van der Waals surface area contributed by atoms with E-state index in [1.165, 1.54) is 38.5 Å². The number of methoxy groups -OCH3 is 2. The van der Waals surface area contributed by atoms with Crippen molar-refractivity contribution in [2.75, 3.05) is 19.5 Å². The van der Waals surface area contributed by atoms with Crippen molar-refractivity contribution >= 4 is 34.3 Å². The fourth-order valence-corrected chi connectivity index (χ4v) is 3.88. The maximum absolute atomic E-state index is 13.0. The van der Waals surface area contributed by atoms with Crippen molar-refractivity contribution in [2.45, 2.75) is 12.8 Å². The molecule has 0 aliphatic heterocycles. The quantitative estimate of drug-likeness (QED) is 0.235. The number of halogens is 3. The molecule has 0 radical (unpaired) electrons. The number of thiophene rings is 1. The molecule has 1 amide bonds. The summed E-state index contributed by atoms with van der Waals surface area (Å²) >= 11 is 1.08. The van der Waals surface area contributed by atoms with Gasteiger partial charge < -0.3 is 19.5 Å². The number of nitrogens with zero attached hydrogens (tertiary/aromatic N) is 1. The van der Waals surface area contributed by atoms with E-state index in [4.69, 9.17) is 9.47 Å². The Labute approximate surface area is 208 Å². The standard InChI is InChI=1S/C25H19F3N2O5S/c1-33-20-8-4-6-16(21(20)35-14-15-5-3-7-18(11-15)25(26,27)28)12-17(13-29)22(31)30-23-19(9-10-36-23)24(32)34-2/h3-12H,14H2,1-2H3,(H,30,31)/b17-12+. The first-order valence-corrected chi connectivity index (χ1v) is 11.1. The molecule has 0 atom stereocenters. The highest BCUT2D eigenvalue weighted by molar-refractivity contribution is 7.14. The van der Waals surface area contributed by atoms with Gasteiger partial charge in [0.25, 0.3) is 5.91 Å². The molecule has 0 unspecified atom stereocenters. The zero-order valence-corrected chi connectivity index (χ0v) is 19.8. The van der Waals surface area contributed by atoms with Crippen molar-refractivity contribution in [3.8, 4) is 17.6 Å². The second-order valence-electron chi connectivity index (χ2n) is 7.14. The highest BCUT2D eigenvalue weighted by Crippen LogP contribution is 2.34. The topological polar surface area (TPSA) is 97.7 Å². The van der Waals surface area contributed by atoms with Gasteiger partial charge in [0.15, 0.2) is 11.5 Å². The Morgan fingerprint density at radius 3 is 2.56 bits per heavy atom. The Kier molecular flexibility index (Phi) is 8.34. The Morgan fingerprint density at radius 1 is 1.14 bits per heavy atom. The lowest BCUT2D eigenvalue weighted by Gasteiger charge is -2.15. The van der Waals surface area contributed by atoms with Crippen LogP contribution in [0.1, 0.15) is 27.0 Å². The van der Waals surface area contributed by atoms with Crippen molar-refractivity contribution in [1.82, 2.24) is 0 Å². The van der Waals surface area contributed by atoms with E-state index in [2.05, 4.69) is 10.1 Å². The number of carbonyl (C=O) groups excluding carboxylic acids is 2. The van der Waals surface area contributed by atoms with Crippen LogP contribution in [0.3, 0.4) is 0 Å². The third kappa shape index (κ3) is 6.22. The van der Waals surface area contributed by atoms with E-state index in [1.807, 2.05) is 0 Å². The SMILES string of the molecule is COC(=O)c1ccsc1NC(=O)/C(C#N)=C/c1cccc(OC)c1OCc1cccc(C(F)(F)F)c1. The maximum atomic E-state index is 13.0. The summed E-state index contributed by atoms with van der Waals surface area (Å²) in [4.78, 5) is 24.6. The van der Waals surface area contributed by atoms with Crippen molar-refractivity contribution in [3.05, 3.63) is 81.7 Å². The number of alkyl halides is 3. The first kappa shape index (κ1) is 26.3. The van der Waals surface area contributed by atoms with Crippen LogP contribution in [0.5, 0.6) is 11.5 Å². The lowest BCUT2D eigenvalue weighted by atomic mass is 10.1. The normalized spacial score (nSPS) is 11.4. The summed E-state index contributed by atoms with van der Waals surface area (Å²) < 4.78 is 54.9. The average Bonchev–Trinajstić information content (AvgIpc) is 3.33. The van der Waals surface area contributed by atoms with Gasteiger partial charge in [-0.1, -0.05) is 24.3 Å². The molecule has 0 spiro atoms. The Hall–Kier alpha value is -4.30. The molecule has 0 aliphatic rings. The number of carbonyl (C=O) groups is 2. The summed E-state index contributed by atoms with van der Waals surface area (Å²) in [5, 5.41) is 13.9. The number of anilines is 1. The Bertz CT molecular complexity index is 1340. The largest absolute Gasteiger partial charge is 0.493 e. The van der Waals surface area contributed by atoms with E-state index in [-0.39, 0.29) is 45.4 Å². The molecule has 0 saturated heterocycles. The second kappa shape index (κ2) is 11.4. The number of hydrogen-bond donors (Lipinski definition) is 1. The van der Waals surface area contributed by atoms with Gasteiger partial charge in [-0.15, -0.1) is 11.3 Å². The van der Waals surface area contributed by atoms with E-state index in [0.717, 1.165) is 23.5 Å². The third-order valence-corrected chi connectivity index (χ3v) is 5.66. The van der Waals surface area contributed by atoms with Gasteiger partial charge in [0.05, 0.1) is 25.3 Å². The molecule has 3 aromatic rings. The van der Waals surface area contributed by atoms with Crippen molar-refractivity contribution in [1.29, 1.82) is 5.26 Å². The first-order valence-electron chi connectivity index (χ1n) is 10.2. The van der Waals surface area contributed by atoms with E-state index in [1.54, 1.807) is 29.6 Å². The second-order valence-corrected chi connectivity index (χ2v) is 8.06. The third-order valence-electron chi connectivity index (χ3n) is 4.83. The zero-order chi connectivity index (χ0) is 26.3. The molecule has 11 heteroatoms. The first-order chi connectivity index (χ1) is 17.2. The number of hydrogen-bond acceptors (Lipinski definition) is 7. The van der Waals surface area contributed by atoms with Crippen molar-refractivity contribution in [3.63, 3.8) is 0 Å². The van der Waals surface area contributed by atoms with Gasteiger partial charge >= 0.3 is 12.1 Å². The van der Waals surface area contributed by atoms with E-state index in [0.29, 0.717) is 0 Å². The van der Waals surface area contributed by atoms with Crippen molar-refractivity contribution < 1.29 is 37.0 Å². The van der Waals surface area contributed by atoms with Crippen LogP contribution >= 0.6 is 11.3 Å². The molecule has 0 aliphatic carbocycles. The molecule has 0 fully saturated rings. The number of amides is 1. The molecule has 2 aromatic carbocycles. The van der Waals surface area contributed by atoms with E-state index in [9.17, 15) is 28.0 Å². The number of nitrogens with one attached hydrogen (secondary N) is 1. The molecule has 0 bridgehead atoms. The molecule has 0 saturated carbocycles. The molecular weight excluding hydrogens is 497 g/mol. The molecular formula is C25H19F3N2O5S. The van der Waals surface area contributed by atoms with Crippen LogP contribution in [0.15, 0.2) is 59.5 Å². The van der Waals surface area contributed by atoms with Gasteiger partial charge in [-0.05, 0) is 41.3 Å². The van der Waals surface area contributed by atoms with Gasteiger partial charge in [-0.2, -0.15) is 18.4 Å². The molecule has 186 valence electrons. The van der Waals surface area contributed by atoms with Crippen LogP contribution < -0.4 is 14.8 Å². The van der Waals surface area contributed by atoms with Crippen LogP contribution in [0.4, 0.5) is 18.2 Å². The van der Waals surface area contributed by atoms with E-state index >= 15 is 0 Å². The molecule has 1 heterocycles. The predicted molar refractivity (Wildman–Crippen MR) is 127 cm³/mol. The minimum absolute atomic E-state index is 0.129. The summed E-state index contributed by atoms with van der Waals surface area (Å²) in [6.45, 7) is -0.225. The van der Waals surface area contributed by atoms with Gasteiger partial charge in [0.1, 0.15) is 23.3 Å². The molecule has 1 aromatic heterocycles. The van der Waals surface area contributed by atoms with Crippen LogP contribution in [0.25, 0.3) is 6.08 Å². The minimum Gasteiger partial charge on any atom is -0.493 e. The number of esters is 1. The lowest BCUT2D eigenvalue weighted by molar-refractivity contribution is -0.137. The molecule has 36 heavy (non-hydrogen) atoms. The van der Waals surface area contributed by atoms with Crippen molar-refractivity contribution in [2.24, 2.45) is 0 Å². The van der Waals surface area contributed by atoms with Crippen LogP contribution in [0, 0.1) is 11.3 Å². The predicted octanol–water partition coefficient (Wildman–Crippen LogP) is 5.69. The van der Waals surface area contributed by atoms with Gasteiger partial charge in [-0.3, -0.25) is 4.79 Å². The zero-order valence-electron chi connectivity index (χ0n) is 19.0. The summed E-state index contributed by atoms with van der Waals surface area (Å²) in [5.74, 6) is -1.05. The summed E-state index contributed by atoms with van der Waals surface area (Å²) in [6.07, 6.45) is -3.25. The number of para-hydroxylation sites is 1. The number of nitriles is 1. The Morgan fingerprint density at radius 2 is 1.89 bits per heavy atom. The highest BCUT2D eigenvalue weighted by atomic mass is 32.1. The van der Waals surface area contributed by atoms with Gasteiger partial charge in [-0.25, -0.2) is 4.79 Å². The number of rotatable bonds is 8. The number of benzene rings is 2. The van der Waals surface area contributed by atoms with Gasteiger partial charge in [0.2, 0.25) is 0 Å². The smallest absolute Gasteiger partial charge is 0.416 e. The molecule has 1 N–H and O–H groups in total. The molecule has 3 rings (SSSR count). The van der Waals surface area contributed by atoms with E-state index < -0.39 is 23.6 Å². The van der Waals surface area contributed by atoms with Crippen LogP contribution in [-0.2, 0) is 22.3 Å². The summed E-state index contributed by atoms with van der Waals surface area (Å²) in [7, 11) is 2.58. The Balaban J connectivity index is 1.89. The lowest BCUT2D eigenvalue weighted by Crippen LogP contribution is -2.15. The molecule has 7 nitrogen and oxygen atoms in total. The maximum Gasteiger partial charge on any atom is 0.416 e. The monoisotopic (exact) mass is 516 g/mol. The van der Waals surface area contributed by atoms with Crippen LogP contribution in [0.2, 0.25) is 0 Å².